The molecule has 2 atom stereocenters. The molecular formula is C27H26FN7. The molecule has 3 heterocycles. The van der Waals surface area contributed by atoms with Gasteiger partial charge in [0.25, 0.3) is 0 Å². The molecule has 2 aromatic carbocycles. The second kappa shape index (κ2) is 9.95. The molecule has 0 aliphatic carbocycles. The Labute approximate surface area is 203 Å². The zero-order valence-corrected chi connectivity index (χ0v) is 19.4. The van der Waals surface area contributed by atoms with E-state index in [1.54, 1.807) is 10.7 Å². The number of anilines is 2. The maximum Gasteiger partial charge on any atom is 0.149 e. The van der Waals surface area contributed by atoms with Crippen LogP contribution in [0.15, 0.2) is 73.2 Å². The van der Waals surface area contributed by atoms with Gasteiger partial charge in [0.05, 0.1) is 35.6 Å². The highest BCUT2D eigenvalue weighted by Gasteiger charge is 2.29. The minimum Gasteiger partial charge on any atom is -0.380 e. The fourth-order valence-electron chi connectivity index (χ4n) is 4.40. The summed E-state index contributed by atoms with van der Waals surface area (Å²) in [6, 6.07) is 18.2. The fraction of sp³-hybridized carbons (Fsp3) is 0.222. The molecule has 0 spiro atoms. The lowest BCUT2D eigenvalue weighted by Crippen LogP contribution is -2.45. The van der Waals surface area contributed by atoms with E-state index in [1.807, 2.05) is 62.0 Å². The first-order valence-corrected chi connectivity index (χ1v) is 11.6. The van der Waals surface area contributed by atoms with E-state index in [0.29, 0.717) is 24.2 Å². The second-order valence-electron chi connectivity index (χ2n) is 8.67. The van der Waals surface area contributed by atoms with Gasteiger partial charge in [-0.25, -0.2) is 9.37 Å². The normalized spacial score (nSPS) is 15.4. The molecule has 0 bridgehead atoms. The molecule has 2 aromatic heterocycles. The molecule has 1 aliphatic heterocycles. The standard InChI is InChI=1S/C27H26FN7/c1-35-17-21(15-33-35)20-12-24-27(32-14-20)34-25(16-31-24)26(22-4-2-3-5-23(22)28)30-11-10-18-6-8-19(13-29)9-7-18/h2-9,12,14-15,17,25-26,30-31H,10-11,16H2,1H3,(H,32,34)/t25-,26-/m1/s1. The second-order valence-corrected chi connectivity index (χ2v) is 8.67. The zero-order chi connectivity index (χ0) is 24.2. The summed E-state index contributed by atoms with van der Waals surface area (Å²) in [6.45, 7) is 1.26. The topological polar surface area (TPSA) is 90.6 Å². The molecule has 5 rings (SSSR count). The maximum atomic E-state index is 14.8. The van der Waals surface area contributed by atoms with Crippen molar-refractivity contribution in [3.8, 4) is 17.2 Å². The Bertz CT molecular complexity index is 1360. The molecule has 3 N–H and O–H groups in total. The quantitative estimate of drug-likeness (QED) is 0.376. The van der Waals surface area contributed by atoms with Crippen molar-refractivity contribution in [1.82, 2.24) is 20.1 Å². The van der Waals surface area contributed by atoms with Crippen LogP contribution < -0.4 is 16.0 Å². The fourth-order valence-corrected chi connectivity index (χ4v) is 4.40. The molecule has 176 valence electrons. The van der Waals surface area contributed by atoms with Crippen LogP contribution in [0.5, 0.6) is 0 Å². The van der Waals surface area contributed by atoms with Crippen molar-refractivity contribution in [2.75, 3.05) is 23.7 Å². The SMILES string of the molecule is Cn1cc(-c2cnc3c(c2)NC[C@H]([C@H](NCCc2ccc(C#N)cc2)c2ccccc2F)N3)cn1. The van der Waals surface area contributed by atoms with Gasteiger partial charge in [-0.15, -0.1) is 0 Å². The highest BCUT2D eigenvalue weighted by molar-refractivity contribution is 5.75. The predicted octanol–water partition coefficient (Wildman–Crippen LogP) is 4.27. The van der Waals surface area contributed by atoms with Crippen LogP contribution in [0.1, 0.15) is 22.7 Å². The van der Waals surface area contributed by atoms with Crippen molar-refractivity contribution in [3.63, 3.8) is 0 Å². The maximum absolute atomic E-state index is 14.8. The number of pyridine rings is 1. The van der Waals surface area contributed by atoms with Crippen LogP contribution in [0.25, 0.3) is 11.1 Å². The molecule has 8 heteroatoms. The molecule has 0 amide bonds. The van der Waals surface area contributed by atoms with Gasteiger partial charge in [-0.3, -0.25) is 4.68 Å². The predicted molar refractivity (Wildman–Crippen MR) is 134 cm³/mol. The van der Waals surface area contributed by atoms with Gasteiger partial charge in [-0.2, -0.15) is 10.4 Å². The Hall–Kier alpha value is -4.22. The molecular weight excluding hydrogens is 441 g/mol. The number of fused-ring (bicyclic) bond motifs is 1. The number of rotatable bonds is 7. The third-order valence-electron chi connectivity index (χ3n) is 6.26. The van der Waals surface area contributed by atoms with Crippen LogP contribution in [0.4, 0.5) is 15.9 Å². The third kappa shape index (κ3) is 5.00. The van der Waals surface area contributed by atoms with Crippen molar-refractivity contribution in [2.24, 2.45) is 7.05 Å². The molecule has 0 saturated heterocycles. The molecule has 1 aliphatic rings. The van der Waals surface area contributed by atoms with Gasteiger partial charge in [0.2, 0.25) is 0 Å². The zero-order valence-electron chi connectivity index (χ0n) is 19.4. The number of benzene rings is 2. The average molecular weight is 468 g/mol. The molecule has 0 saturated carbocycles. The van der Waals surface area contributed by atoms with E-state index in [2.05, 4.69) is 38.2 Å². The van der Waals surface area contributed by atoms with E-state index in [9.17, 15) is 4.39 Å². The van der Waals surface area contributed by atoms with Crippen molar-refractivity contribution in [2.45, 2.75) is 18.5 Å². The van der Waals surface area contributed by atoms with Crippen LogP contribution in [-0.2, 0) is 13.5 Å². The van der Waals surface area contributed by atoms with E-state index in [-0.39, 0.29) is 17.9 Å². The minimum absolute atomic E-state index is 0.114. The summed E-state index contributed by atoms with van der Waals surface area (Å²) in [5.41, 5.74) is 5.26. The summed E-state index contributed by atoms with van der Waals surface area (Å²) in [4.78, 5) is 4.64. The summed E-state index contributed by atoms with van der Waals surface area (Å²) in [7, 11) is 1.89. The van der Waals surface area contributed by atoms with E-state index in [1.165, 1.54) is 6.07 Å². The first-order valence-electron chi connectivity index (χ1n) is 11.6. The highest BCUT2D eigenvalue weighted by atomic mass is 19.1. The average Bonchev–Trinajstić information content (AvgIpc) is 3.33. The van der Waals surface area contributed by atoms with Crippen LogP contribution in [0.3, 0.4) is 0 Å². The van der Waals surface area contributed by atoms with Gasteiger partial charge in [-0.05, 0) is 42.8 Å². The smallest absolute Gasteiger partial charge is 0.149 e. The number of nitriles is 1. The summed E-state index contributed by atoms with van der Waals surface area (Å²) in [6.07, 6.45) is 6.35. The Morgan fingerprint density at radius 1 is 1.17 bits per heavy atom. The van der Waals surface area contributed by atoms with Gasteiger partial charge < -0.3 is 16.0 Å². The number of halogens is 1. The lowest BCUT2D eigenvalue weighted by Gasteiger charge is -2.34. The molecule has 35 heavy (non-hydrogen) atoms. The molecule has 0 unspecified atom stereocenters. The highest BCUT2D eigenvalue weighted by Crippen LogP contribution is 2.32. The van der Waals surface area contributed by atoms with Gasteiger partial charge in [0, 0.05) is 42.7 Å². The first-order chi connectivity index (χ1) is 17.1. The molecule has 4 aromatic rings. The van der Waals surface area contributed by atoms with Crippen LogP contribution >= 0.6 is 0 Å². The van der Waals surface area contributed by atoms with Gasteiger partial charge in [0.15, 0.2) is 0 Å². The first kappa shape index (κ1) is 22.6. The minimum atomic E-state index is -0.268. The van der Waals surface area contributed by atoms with Crippen LogP contribution in [0.2, 0.25) is 0 Å². The number of hydrogen-bond donors (Lipinski definition) is 3. The summed E-state index contributed by atoms with van der Waals surface area (Å²) < 4.78 is 16.6. The van der Waals surface area contributed by atoms with Crippen molar-refractivity contribution >= 4 is 11.5 Å². The lowest BCUT2D eigenvalue weighted by molar-refractivity contribution is 0.451. The molecule has 0 fully saturated rings. The Morgan fingerprint density at radius 3 is 2.74 bits per heavy atom. The Balaban J connectivity index is 1.33. The Kier molecular flexibility index (Phi) is 6.42. The molecule has 0 radical (unpaired) electrons. The van der Waals surface area contributed by atoms with Crippen molar-refractivity contribution in [1.29, 1.82) is 5.26 Å². The van der Waals surface area contributed by atoms with Gasteiger partial charge in [0.1, 0.15) is 11.6 Å². The number of nitrogens with one attached hydrogen (secondary N) is 3. The molecule has 7 nitrogen and oxygen atoms in total. The van der Waals surface area contributed by atoms with E-state index in [4.69, 9.17) is 5.26 Å². The van der Waals surface area contributed by atoms with Gasteiger partial charge in [-0.1, -0.05) is 30.3 Å². The van der Waals surface area contributed by atoms with Crippen molar-refractivity contribution in [3.05, 3.63) is 95.7 Å². The largest absolute Gasteiger partial charge is 0.380 e. The number of nitrogens with zero attached hydrogens (tertiary/aromatic N) is 4. The van der Waals surface area contributed by atoms with Crippen LogP contribution in [-0.4, -0.2) is 33.9 Å². The van der Waals surface area contributed by atoms with Crippen LogP contribution in [0, 0.1) is 17.1 Å². The lowest BCUT2D eigenvalue weighted by atomic mass is 9.96. The number of hydrogen-bond acceptors (Lipinski definition) is 6. The van der Waals surface area contributed by atoms with E-state index in [0.717, 1.165) is 34.6 Å². The monoisotopic (exact) mass is 467 g/mol. The van der Waals surface area contributed by atoms with Crippen molar-refractivity contribution < 1.29 is 4.39 Å². The number of aryl methyl sites for hydroxylation is 1. The summed E-state index contributed by atoms with van der Waals surface area (Å²) >= 11 is 0. The number of aromatic nitrogens is 3. The third-order valence-corrected chi connectivity index (χ3v) is 6.26. The van der Waals surface area contributed by atoms with E-state index >= 15 is 0 Å². The van der Waals surface area contributed by atoms with Gasteiger partial charge >= 0.3 is 0 Å². The Morgan fingerprint density at radius 2 is 2.00 bits per heavy atom. The summed E-state index contributed by atoms with van der Waals surface area (Å²) in [5.74, 6) is 0.500. The summed E-state index contributed by atoms with van der Waals surface area (Å²) in [5, 5.41) is 23.8. The van der Waals surface area contributed by atoms with E-state index < -0.39 is 0 Å².